The third-order valence-corrected chi connectivity index (χ3v) is 5.17. The molecule has 0 aliphatic rings. The average molecular weight is 417 g/mol. The first-order chi connectivity index (χ1) is 12.4. The summed E-state index contributed by atoms with van der Waals surface area (Å²) in [4.78, 5) is 26.8. The molecule has 0 fully saturated rings. The molecule has 0 aliphatic carbocycles. The van der Waals surface area contributed by atoms with Crippen LogP contribution >= 0.6 is 23.2 Å². The number of aromatic nitrogens is 1. The number of benzene rings is 1. The minimum absolute atomic E-state index is 0.0537. The summed E-state index contributed by atoms with van der Waals surface area (Å²) in [6, 6.07) is 6.00. The third kappa shape index (κ3) is 6.16. The molecular formula is C17H18Cl2N2O4S. The SMILES string of the molecule is CCCOc1c[nH]c(CS(=O)CC(=O)Nc2ccc(Cl)c(Cl)c2)cc1=O. The van der Waals surface area contributed by atoms with E-state index in [-0.39, 0.29) is 22.7 Å². The Balaban J connectivity index is 1.91. The van der Waals surface area contributed by atoms with Crippen LogP contribution in [0.2, 0.25) is 10.0 Å². The van der Waals surface area contributed by atoms with Crippen LogP contribution in [0.3, 0.4) is 0 Å². The van der Waals surface area contributed by atoms with E-state index in [1.165, 1.54) is 18.3 Å². The molecule has 0 aliphatic heterocycles. The summed E-state index contributed by atoms with van der Waals surface area (Å²) in [5.41, 5.74) is 0.649. The highest BCUT2D eigenvalue weighted by atomic mass is 35.5. The predicted molar refractivity (Wildman–Crippen MR) is 105 cm³/mol. The van der Waals surface area contributed by atoms with Gasteiger partial charge in [0, 0.05) is 34.4 Å². The molecule has 26 heavy (non-hydrogen) atoms. The van der Waals surface area contributed by atoms with Crippen molar-refractivity contribution >= 4 is 45.6 Å². The zero-order chi connectivity index (χ0) is 19.1. The molecular weight excluding hydrogens is 399 g/mol. The van der Waals surface area contributed by atoms with Gasteiger partial charge in [0.2, 0.25) is 11.3 Å². The van der Waals surface area contributed by atoms with Crippen LogP contribution in [0.1, 0.15) is 19.0 Å². The van der Waals surface area contributed by atoms with Crippen molar-refractivity contribution in [1.82, 2.24) is 4.98 Å². The van der Waals surface area contributed by atoms with Gasteiger partial charge in [-0.2, -0.15) is 0 Å². The third-order valence-electron chi connectivity index (χ3n) is 3.21. The molecule has 1 amide bonds. The Labute approximate surface area is 163 Å². The van der Waals surface area contributed by atoms with Gasteiger partial charge in [0.15, 0.2) is 5.75 Å². The fourth-order valence-corrected chi connectivity index (χ4v) is 3.33. The van der Waals surface area contributed by atoms with Gasteiger partial charge in [0.1, 0.15) is 5.75 Å². The number of halogens is 2. The lowest BCUT2D eigenvalue weighted by Gasteiger charge is -2.07. The molecule has 1 atom stereocenters. The molecule has 1 heterocycles. The van der Waals surface area contributed by atoms with E-state index in [0.29, 0.717) is 28.0 Å². The maximum Gasteiger partial charge on any atom is 0.237 e. The molecule has 2 rings (SSSR count). The summed E-state index contributed by atoms with van der Waals surface area (Å²) < 4.78 is 17.4. The topological polar surface area (TPSA) is 88.3 Å². The first-order valence-electron chi connectivity index (χ1n) is 7.83. The Morgan fingerprint density at radius 3 is 2.69 bits per heavy atom. The van der Waals surface area contributed by atoms with Crippen LogP contribution in [-0.4, -0.2) is 27.5 Å². The Morgan fingerprint density at radius 1 is 1.27 bits per heavy atom. The molecule has 6 nitrogen and oxygen atoms in total. The molecule has 9 heteroatoms. The lowest BCUT2D eigenvalue weighted by molar-refractivity contribution is -0.113. The maximum atomic E-state index is 12.2. The number of ether oxygens (including phenoxy) is 1. The largest absolute Gasteiger partial charge is 0.488 e. The summed E-state index contributed by atoms with van der Waals surface area (Å²) in [6.45, 7) is 2.39. The Morgan fingerprint density at radius 2 is 2.04 bits per heavy atom. The number of amides is 1. The van der Waals surface area contributed by atoms with E-state index in [1.807, 2.05) is 6.92 Å². The van der Waals surface area contributed by atoms with E-state index in [1.54, 1.807) is 12.1 Å². The van der Waals surface area contributed by atoms with Crippen molar-refractivity contribution in [2.75, 3.05) is 17.7 Å². The summed E-state index contributed by atoms with van der Waals surface area (Å²) in [5.74, 6) is -0.361. The zero-order valence-corrected chi connectivity index (χ0v) is 16.3. The average Bonchev–Trinajstić information content (AvgIpc) is 2.57. The van der Waals surface area contributed by atoms with Gasteiger partial charge in [0.25, 0.3) is 0 Å². The van der Waals surface area contributed by atoms with Crippen LogP contribution in [0.25, 0.3) is 0 Å². The minimum atomic E-state index is -1.49. The number of pyridine rings is 1. The van der Waals surface area contributed by atoms with Gasteiger partial charge in [-0.25, -0.2) is 0 Å². The molecule has 2 N–H and O–H groups in total. The predicted octanol–water partition coefficient (Wildman–Crippen LogP) is 3.36. The fraction of sp³-hybridized carbons (Fsp3) is 0.294. The fourth-order valence-electron chi connectivity index (χ4n) is 2.05. The smallest absolute Gasteiger partial charge is 0.237 e. The van der Waals surface area contributed by atoms with Gasteiger partial charge in [-0.1, -0.05) is 30.1 Å². The van der Waals surface area contributed by atoms with Crippen molar-refractivity contribution < 1.29 is 13.7 Å². The molecule has 1 aromatic carbocycles. The first kappa shape index (κ1) is 20.5. The number of rotatable bonds is 8. The van der Waals surface area contributed by atoms with E-state index in [4.69, 9.17) is 27.9 Å². The molecule has 140 valence electrons. The second kappa shape index (κ2) is 9.75. The summed E-state index contributed by atoms with van der Waals surface area (Å²) >= 11 is 11.7. The number of aromatic amines is 1. The number of carbonyl (C=O) groups excluding carboxylic acids is 1. The van der Waals surface area contributed by atoms with Crippen LogP contribution in [0.4, 0.5) is 5.69 Å². The quantitative estimate of drug-likeness (QED) is 0.690. The normalized spacial score (nSPS) is 11.8. The van der Waals surface area contributed by atoms with Crippen LogP contribution in [0.5, 0.6) is 5.75 Å². The van der Waals surface area contributed by atoms with Gasteiger partial charge < -0.3 is 15.0 Å². The van der Waals surface area contributed by atoms with Crippen molar-refractivity contribution in [3.05, 3.63) is 56.4 Å². The molecule has 1 aromatic heterocycles. The highest BCUT2D eigenvalue weighted by Gasteiger charge is 2.11. The highest BCUT2D eigenvalue weighted by molar-refractivity contribution is 7.84. The van der Waals surface area contributed by atoms with Crippen molar-refractivity contribution in [1.29, 1.82) is 0 Å². The Hall–Kier alpha value is -1.83. The second-order valence-electron chi connectivity index (χ2n) is 5.44. The summed E-state index contributed by atoms with van der Waals surface area (Å²) in [6.07, 6.45) is 2.24. The second-order valence-corrected chi connectivity index (χ2v) is 7.71. The van der Waals surface area contributed by atoms with E-state index in [2.05, 4.69) is 10.3 Å². The number of hydrogen-bond acceptors (Lipinski definition) is 4. The highest BCUT2D eigenvalue weighted by Crippen LogP contribution is 2.24. The number of carbonyl (C=O) groups is 1. The van der Waals surface area contributed by atoms with E-state index in [0.717, 1.165) is 6.42 Å². The Kier molecular flexibility index (Phi) is 7.68. The van der Waals surface area contributed by atoms with Gasteiger partial charge in [-0.3, -0.25) is 13.8 Å². The first-order valence-corrected chi connectivity index (χ1v) is 10.1. The van der Waals surface area contributed by atoms with Gasteiger partial charge in [0.05, 0.1) is 22.4 Å². The summed E-state index contributed by atoms with van der Waals surface area (Å²) in [5, 5.41) is 3.30. The number of nitrogens with one attached hydrogen (secondary N) is 2. The van der Waals surface area contributed by atoms with Gasteiger partial charge >= 0.3 is 0 Å². The maximum absolute atomic E-state index is 12.2. The number of hydrogen-bond donors (Lipinski definition) is 2. The lowest BCUT2D eigenvalue weighted by Crippen LogP contribution is -2.21. The molecule has 0 radical (unpaired) electrons. The number of anilines is 1. The van der Waals surface area contributed by atoms with Crippen LogP contribution in [-0.2, 0) is 21.3 Å². The molecule has 2 aromatic rings. The molecule has 0 saturated carbocycles. The zero-order valence-electron chi connectivity index (χ0n) is 14.0. The lowest BCUT2D eigenvalue weighted by atomic mass is 10.3. The van der Waals surface area contributed by atoms with Crippen molar-refractivity contribution in [2.45, 2.75) is 19.1 Å². The van der Waals surface area contributed by atoms with E-state index in [9.17, 15) is 13.8 Å². The molecule has 0 bridgehead atoms. The van der Waals surface area contributed by atoms with Gasteiger partial charge in [-0.15, -0.1) is 0 Å². The van der Waals surface area contributed by atoms with Crippen molar-refractivity contribution in [2.24, 2.45) is 0 Å². The molecule has 1 unspecified atom stereocenters. The standard InChI is InChI=1S/C17H18Cl2N2O4S/c1-2-5-25-16-8-20-12(7-15(16)22)9-26(24)10-17(23)21-11-3-4-13(18)14(19)6-11/h3-4,6-8H,2,5,9-10H2,1H3,(H,20,22)(H,21,23). The van der Waals surface area contributed by atoms with E-state index >= 15 is 0 Å². The van der Waals surface area contributed by atoms with Gasteiger partial charge in [-0.05, 0) is 24.6 Å². The summed E-state index contributed by atoms with van der Waals surface area (Å²) in [7, 11) is -1.49. The van der Waals surface area contributed by atoms with Crippen LogP contribution in [0.15, 0.2) is 35.3 Å². The monoisotopic (exact) mass is 416 g/mol. The van der Waals surface area contributed by atoms with Crippen molar-refractivity contribution in [3.63, 3.8) is 0 Å². The minimum Gasteiger partial charge on any atom is -0.488 e. The number of H-pyrrole nitrogens is 1. The Bertz CT molecular complexity index is 870. The van der Waals surface area contributed by atoms with E-state index < -0.39 is 16.7 Å². The molecule has 0 spiro atoms. The van der Waals surface area contributed by atoms with Crippen molar-refractivity contribution in [3.8, 4) is 5.75 Å². The molecule has 0 saturated heterocycles. The van der Waals surface area contributed by atoms with Crippen LogP contribution in [0, 0.1) is 0 Å². The van der Waals surface area contributed by atoms with Crippen LogP contribution < -0.4 is 15.5 Å².